The van der Waals surface area contributed by atoms with Crippen molar-refractivity contribution in [2.24, 2.45) is 18.9 Å². The molecule has 0 radical (unpaired) electrons. The van der Waals surface area contributed by atoms with Crippen LogP contribution in [0.5, 0.6) is 0 Å². The van der Waals surface area contributed by atoms with Gasteiger partial charge >= 0.3 is 0 Å². The zero-order chi connectivity index (χ0) is 24.4. The van der Waals surface area contributed by atoms with Crippen molar-refractivity contribution in [1.29, 1.82) is 0 Å². The van der Waals surface area contributed by atoms with E-state index in [0.29, 0.717) is 28.8 Å². The van der Waals surface area contributed by atoms with Gasteiger partial charge in [0.05, 0.1) is 24.4 Å². The van der Waals surface area contributed by atoms with Crippen molar-refractivity contribution in [3.05, 3.63) is 22.6 Å². The number of aromatic amines is 1. The second-order valence-electron chi connectivity index (χ2n) is 11.2. The van der Waals surface area contributed by atoms with Gasteiger partial charge in [-0.2, -0.15) is 10.2 Å². The van der Waals surface area contributed by atoms with Crippen LogP contribution < -0.4 is 16.2 Å². The Hall–Kier alpha value is -2.85. The van der Waals surface area contributed by atoms with E-state index in [9.17, 15) is 4.79 Å². The van der Waals surface area contributed by atoms with Gasteiger partial charge in [0, 0.05) is 63.1 Å². The first-order valence-corrected chi connectivity index (χ1v) is 13.6. The normalized spacial score (nSPS) is 23.4. The Bertz CT molecular complexity index is 1320. The summed E-state index contributed by atoms with van der Waals surface area (Å²) in [5.74, 6) is 2.59. The summed E-state index contributed by atoms with van der Waals surface area (Å²) in [7, 11) is 2.02. The maximum atomic E-state index is 13.6. The number of nitrogens with two attached hydrogens (primary N) is 1. The molecule has 2 aliphatic heterocycles. The van der Waals surface area contributed by atoms with Gasteiger partial charge in [-0.15, -0.1) is 0 Å². The molecule has 10 nitrogen and oxygen atoms in total. The molecule has 0 unspecified atom stereocenters. The summed E-state index contributed by atoms with van der Waals surface area (Å²) >= 11 is 0. The first-order valence-electron chi connectivity index (χ1n) is 13.6. The molecule has 2 saturated heterocycles. The predicted octanol–water partition coefficient (Wildman–Crippen LogP) is 2.37. The third-order valence-electron chi connectivity index (χ3n) is 8.69. The molecular weight excluding hydrogens is 456 g/mol. The van der Waals surface area contributed by atoms with Crippen LogP contribution in [0.25, 0.3) is 22.2 Å². The quantitative estimate of drug-likeness (QED) is 0.521. The average Bonchev–Trinajstić information content (AvgIpc) is 3.78. The Morgan fingerprint density at radius 2 is 1.89 bits per heavy atom. The van der Waals surface area contributed by atoms with Crippen molar-refractivity contribution in [2.45, 2.75) is 50.6 Å². The molecule has 4 aliphatic rings. The van der Waals surface area contributed by atoms with Crippen molar-refractivity contribution in [3.8, 4) is 11.3 Å². The number of fused-ring (bicyclic) bond motifs is 1. The van der Waals surface area contributed by atoms with Gasteiger partial charge in [-0.1, -0.05) is 0 Å². The van der Waals surface area contributed by atoms with Crippen molar-refractivity contribution >= 4 is 22.5 Å². The molecule has 0 aromatic carbocycles. The molecule has 10 heteroatoms. The van der Waals surface area contributed by atoms with E-state index in [1.54, 1.807) is 0 Å². The van der Waals surface area contributed by atoms with Gasteiger partial charge in [0.15, 0.2) is 5.82 Å². The number of anilines is 2. The second kappa shape index (κ2) is 8.62. The summed E-state index contributed by atoms with van der Waals surface area (Å²) in [6, 6.07) is 2.91. The van der Waals surface area contributed by atoms with E-state index in [4.69, 9.17) is 15.6 Å². The molecule has 3 aromatic heterocycles. The van der Waals surface area contributed by atoms with Crippen molar-refractivity contribution < 1.29 is 4.74 Å². The highest BCUT2D eigenvalue weighted by atomic mass is 16.5. The van der Waals surface area contributed by atoms with Crippen LogP contribution in [0.15, 0.2) is 17.1 Å². The molecule has 3 aromatic rings. The minimum Gasteiger partial charge on any atom is -0.382 e. The minimum absolute atomic E-state index is 0.0231. The SMILES string of the molecule is Cn1nc(-c2cn(C(C3CC3)C3CC3)c(=O)c3c(N)n[nH]c23)cc1N1CCC[C@@H]1CN1CCOCC1. The highest BCUT2D eigenvalue weighted by Gasteiger charge is 2.43. The minimum atomic E-state index is -0.0231. The second-order valence-corrected chi connectivity index (χ2v) is 11.2. The Labute approximate surface area is 210 Å². The molecule has 5 heterocycles. The maximum Gasteiger partial charge on any atom is 0.264 e. The van der Waals surface area contributed by atoms with Crippen LogP contribution in [0.3, 0.4) is 0 Å². The summed E-state index contributed by atoms with van der Waals surface area (Å²) in [5.41, 5.74) is 8.65. The zero-order valence-electron chi connectivity index (χ0n) is 21.0. The molecular formula is C26H36N8O2. The summed E-state index contributed by atoms with van der Waals surface area (Å²) in [6.45, 7) is 5.75. The molecule has 2 aliphatic carbocycles. The van der Waals surface area contributed by atoms with Gasteiger partial charge in [0.1, 0.15) is 11.2 Å². The molecule has 36 heavy (non-hydrogen) atoms. The third-order valence-corrected chi connectivity index (χ3v) is 8.69. The lowest BCUT2D eigenvalue weighted by Crippen LogP contribution is -2.45. The predicted molar refractivity (Wildman–Crippen MR) is 139 cm³/mol. The van der Waals surface area contributed by atoms with Crippen LogP contribution in [0.2, 0.25) is 0 Å². The Morgan fingerprint density at radius 3 is 2.61 bits per heavy atom. The standard InChI is InChI=1S/C26H36N8O2/c1-31-21(33-8-2-3-18(33)14-32-9-11-36-12-10-32)13-20(30-31)19-15-34(24(16-4-5-16)17-6-7-17)26(35)22-23(19)28-29-25(22)27/h13,15-18,24H,2-12,14H2,1H3,(H3,27,28,29)/t18-/m1/s1. The number of hydrogen-bond donors (Lipinski definition) is 2. The molecule has 2 saturated carbocycles. The molecule has 3 N–H and O–H groups in total. The number of pyridine rings is 1. The van der Waals surface area contributed by atoms with Gasteiger partial charge in [-0.05, 0) is 50.4 Å². The first-order chi connectivity index (χ1) is 17.6. The maximum absolute atomic E-state index is 13.6. The fourth-order valence-electron chi connectivity index (χ4n) is 6.56. The number of nitrogens with zero attached hydrogens (tertiary/aromatic N) is 6. The third kappa shape index (κ3) is 3.82. The average molecular weight is 493 g/mol. The first kappa shape index (κ1) is 22.4. The van der Waals surface area contributed by atoms with E-state index in [-0.39, 0.29) is 17.4 Å². The Kier molecular flexibility index (Phi) is 5.35. The molecule has 4 fully saturated rings. The zero-order valence-corrected chi connectivity index (χ0v) is 21.0. The van der Waals surface area contributed by atoms with Gasteiger partial charge in [0.2, 0.25) is 0 Å². The number of H-pyrrole nitrogens is 1. The number of rotatable bonds is 7. The van der Waals surface area contributed by atoms with Gasteiger partial charge in [-0.25, -0.2) is 0 Å². The topological polar surface area (TPSA) is 110 Å². The summed E-state index contributed by atoms with van der Waals surface area (Å²) < 4.78 is 9.52. The van der Waals surface area contributed by atoms with Crippen molar-refractivity contribution in [1.82, 2.24) is 29.4 Å². The lowest BCUT2D eigenvalue weighted by molar-refractivity contribution is 0.0354. The van der Waals surface area contributed by atoms with Crippen LogP contribution in [0, 0.1) is 11.8 Å². The van der Waals surface area contributed by atoms with Gasteiger partial charge in [0.25, 0.3) is 5.56 Å². The molecule has 192 valence electrons. The number of nitrogen functional groups attached to an aromatic ring is 1. The molecule has 1 atom stereocenters. The van der Waals surface area contributed by atoms with Crippen molar-refractivity contribution in [3.63, 3.8) is 0 Å². The molecule has 7 rings (SSSR count). The largest absolute Gasteiger partial charge is 0.382 e. The molecule has 0 bridgehead atoms. The van der Waals surface area contributed by atoms with Crippen LogP contribution in [0.4, 0.5) is 11.6 Å². The summed E-state index contributed by atoms with van der Waals surface area (Å²) in [6.07, 6.45) is 9.22. The van der Waals surface area contributed by atoms with E-state index in [0.717, 1.165) is 56.5 Å². The van der Waals surface area contributed by atoms with E-state index in [1.165, 1.54) is 38.5 Å². The number of ether oxygens (including phenoxy) is 1. The van der Waals surface area contributed by atoms with E-state index in [1.807, 2.05) is 22.5 Å². The Morgan fingerprint density at radius 1 is 1.14 bits per heavy atom. The molecule has 0 spiro atoms. The monoisotopic (exact) mass is 492 g/mol. The van der Waals surface area contributed by atoms with Crippen LogP contribution in [-0.2, 0) is 11.8 Å². The van der Waals surface area contributed by atoms with Crippen molar-refractivity contribution in [2.75, 3.05) is 50.0 Å². The number of aromatic nitrogens is 5. The molecule has 0 amide bonds. The number of aryl methyl sites for hydroxylation is 1. The van der Waals surface area contributed by atoms with Crippen LogP contribution in [0.1, 0.15) is 44.6 Å². The number of hydrogen-bond acceptors (Lipinski definition) is 7. The van der Waals surface area contributed by atoms with E-state index in [2.05, 4.69) is 26.1 Å². The number of morpholine rings is 1. The van der Waals surface area contributed by atoms with Gasteiger partial charge < -0.3 is 19.9 Å². The lowest BCUT2D eigenvalue weighted by Gasteiger charge is -2.33. The lowest BCUT2D eigenvalue weighted by atomic mass is 10.0. The fourth-order valence-corrected chi connectivity index (χ4v) is 6.56. The van der Waals surface area contributed by atoms with Crippen LogP contribution in [-0.4, -0.2) is 74.9 Å². The van der Waals surface area contributed by atoms with Crippen LogP contribution >= 0.6 is 0 Å². The van der Waals surface area contributed by atoms with Gasteiger partial charge in [-0.3, -0.25) is 19.5 Å². The van der Waals surface area contributed by atoms with E-state index >= 15 is 0 Å². The highest BCUT2D eigenvalue weighted by Crippen LogP contribution is 2.52. The summed E-state index contributed by atoms with van der Waals surface area (Å²) in [5, 5.41) is 12.7. The Balaban J connectivity index is 1.27. The van der Waals surface area contributed by atoms with E-state index < -0.39 is 0 Å². The highest BCUT2D eigenvalue weighted by molar-refractivity contribution is 5.97. The summed E-state index contributed by atoms with van der Waals surface area (Å²) in [4.78, 5) is 18.6. The number of nitrogens with one attached hydrogen (secondary N) is 1. The fraction of sp³-hybridized carbons (Fsp3) is 0.654. The smallest absolute Gasteiger partial charge is 0.264 e.